The second-order valence-corrected chi connectivity index (χ2v) is 7.05. The van der Waals surface area contributed by atoms with Crippen LogP contribution in [0.15, 0.2) is 35.3 Å². The van der Waals surface area contributed by atoms with E-state index in [-0.39, 0.29) is 0 Å². The van der Waals surface area contributed by atoms with Crippen molar-refractivity contribution in [2.45, 2.75) is 44.9 Å². The first-order valence-corrected chi connectivity index (χ1v) is 8.93. The van der Waals surface area contributed by atoms with Crippen LogP contribution in [0.2, 0.25) is 0 Å². The van der Waals surface area contributed by atoms with Gasteiger partial charge in [0.15, 0.2) is 0 Å². The van der Waals surface area contributed by atoms with Crippen molar-refractivity contribution in [1.82, 2.24) is 0 Å². The minimum atomic E-state index is 0.762. The lowest BCUT2D eigenvalue weighted by Gasteiger charge is -2.20. The molecule has 106 valence electrons. The van der Waals surface area contributed by atoms with Crippen LogP contribution >= 0.6 is 22.6 Å². The van der Waals surface area contributed by atoms with E-state index in [1.54, 1.807) is 0 Å². The minimum absolute atomic E-state index is 0.762. The third-order valence-corrected chi connectivity index (χ3v) is 5.34. The van der Waals surface area contributed by atoms with Crippen molar-refractivity contribution in [3.63, 3.8) is 0 Å². The summed E-state index contributed by atoms with van der Waals surface area (Å²) in [6.45, 7) is 1.01. The molecule has 1 nitrogen and oxygen atoms in total. The van der Waals surface area contributed by atoms with Gasteiger partial charge < -0.3 is 0 Å². The van der Waals surface area contributed by atoms with Gasteiger partial charge in [-0.2, -0.15) is 0 Å². The maximum absolute atomic E-state index is 4.76. The highest BCUT2D eigenvalue weighted by molar-refractivity contribution is 14.1. The van der Waals surface area contributed by atoms with E-state index in [9.17, 15) is 0 Å². The highest BCUT2D eigenvalue weighted by Crippen LogP contribution is 2.32. The quantitative estimate of drug-likeness (QED) is 0.616. The third kappa shape index (κ3) is 3.33. The second kappa shape index (κ2) is 6.88. The topological polar surface area (TPSA) is 12.4 Å². The van der Waals surface area contributed by atoms with E-state index in [0.717, 1.165) is 18.9 Å². The molecule has 2 heteroatoms. The van der Waals surface area contributed by atoms with Gasteiger partial charge in [-0.15, -0.1) is 0 Å². The number of rotatable bonds is 3. The zero-order chi connectivity index (χ0) is 13.8. The Bertz CT molecular complexity index is 524. The number of nitrogens with zero attached hydrogens (tertiary/aromatic N) is 1. The monoisotopic (exact) mass is 379 g/mol. The molecule has 1 fully saturated rings. The van der Waals surface area contributed by atoms with Crippen LogP contribution in [-0.4, -0.2) is 12.3 Å². The van der Waals surface area contributed by atoms with Crippen molar-refractivity contribution in [1.29, 1.82) is 0 Å². The molecule has 0 spiro atoms. The molecule has 1 heterocycles. The Hall–Kier alpha value is -0.640. The van der Waals surface area contributed by atoms with Crippen molar-refractivity contribution < 1.29 is 0 Å². The third-order valence-electron chi connectivity index (χ3n) is 4.40. The molecular weight excluding hydrogens is 357 g/mol. The Balaban J connectivity index is 1.95. The maximum atomic E-state index is 4.76. The minimum Gasteiger partial charge on any atom is -0.289 e. The standard InChI is InChI=1S/C18H22IN/c19-17-10-5-4-9-15(17)16(18-11-6-12-20-18)13-14-7-2-1-3-8-14/h4-5,9-10,13-14H,1-3,6-8,11-12H2/b16-13+. The second-order valence-electron chi connectivity index (χ2n) is 5.89. The van der Waals surface area contributed by atoms with Crippen molar-refractivity contribution in [2.75, 3.05) is 6.54 Å². The summed E-state index contributed by atoms with van der Waals surface area (Å²) in [4.78, 5) is 4.76. The van der Waals surface area contributed by atoms with Crippen molar-refractivity contribution in [2.24, 2.45) is 10.9 Å². The number of hydrogen-bond acceptors (Lipinski definition) is 1. The Kier molecular flexibility index (Phi) is 4.92. The average molecular weight is 379 g/mol. The fourth-order valence-corrected chi connectivity index (χ4v) is 3.99. The molecule has 0 saturated heterocycles. The summed E-state index contributed by atoms with van der Waals surface area (Å²) >= 11 is 2.46. The zero-order valence-corrected chi connectivity index (χ0v) is 14.1. The first kappa shape index (κ1) is 14.3. The van der Waals surface area contributed by atoms with E-state index in [1.165, 1.54) is 58.9 Å². The molecule has 1 aliphatic heterocycles. The number of aliphatic imine (C=N–C) groups is 1. The van der Waals surface area contributed by atoms with E-state index >= 15 is 0 Å². The fraction of sp³-hybridized carbons (Fsp3) is 0.500. The molecule has 3 rings (SSSR count). The largest absolute Gasteiger partial charge is 0.289 e. The van der Waals surface area contributed by atoms with Gasteiger partial charge in [-0.1, -0.05) is 43.5 Å². The fourth-order valence-electron chi connectivity index (χ4n) is 3.32. The van der Waals surface area contributed by atoms with Crippen LogP contribution < -0.4 is 0 Å². The van der Waals surface area contributed by atoms with Crippen molar-refractivity contribution >= 4 is 33.9 Å². The number of benzene rings is 1. The molecule has 1 aliphatic carbocycles. The predicted molar refractivity (Wildman–Crippen MR) is 95.2 cm³/mol. The molecular formula is C18H22IN. The number of hydrogen-bond donors (Lipinski definition) is 0. The Morgan fingerprint density at radius 3 is 2.60 bits per heavy atom. The number of allylic oxidation sites excluding steroid dienone is 2. The van der Waals surface area contributed by atoms with Gasteiger partial charge in [-0.05, 0) is 65.8 Å². The van der Waals surface area contributed by atoms with Crippen LogP contribution in [0.1, 0.15) is 50.5 Å². The van der Waals surface area contributed by atoms with E-state index in [4.69, 9.17) is 4.99 Å². The molecule has 1 aromatic rings. The molecule has 2 aliphatic rings. The normalized spacial score (nSPS) is 21.1. The number of halogens is 1. The highest BCUT2D eigenvalue weighted by atomic mass is 127. The summed E-state index contributed by atoms with van der Waals surface area (Å²) in [7, 11) is 0. The van der Waals surface area contributed by atoms with Gasteiger partial charge in [0.05, 0.1) is 0 Å². The lowest BCUT2D eigenvalue weighted by Crippen LogP contribution is -2.08. The molecule has 0 amide bonds. The van der Waals surface area contributed by atoms with Crippen LogP contribution in [0.3, 0.4) is 0 Å². The van der Waals surface area contributed by atoms with Crippen LogP contribution in [0.25, 0.3) is 5.57 Å². The molecule has 1 saturated carbocycles. The molecule has 0 bridgehead atoms. The molecule has 1 aromatic carbocycles. The van der Waals surface area contributed by atoms with Gasteiger partial charge in [0.2, 0.25) is 0 Å². The van der Waals surface area contributed by atoms with Gasteiger partial charge in [0, 0.05) is 21.4 Å². The van der Waals surface area contributed by atoms with Gasteiger partial charge in [-0.3, -0.25) is 4.99 Å². The highest BCUT2D eigenvalue weighted by Gasteiger charge is 2.19. The summed E-state index contributed by atoms with van der Waals surface area (Å²) in [5.41, 5.74) is 4.17. The first-order valence-electron chi connectivity index (χ1n) is 7.85. The SMILES string of the molecule is Ic1ccccc1/C(=C\C1CCCCC1)C1=NCCC1. The molecule has 0 N–H and O–H groups in total. The van der Waals surface area contributed by atoms with Crippen LogP contribution in [0.4, 0.5) is 0 Å². The summed E-state index contributed by atoms with van der Waals surface area (Å²) in [5, 5.41) is 0. The Morgan fingerprint density at radius 2 is 1.90 bits per heavy atom. The van der Waals surface area contributed by atoms with E-state index < -0.39 is 0 Å². The molecule has 0 radical (unpaired) electrons. The molecule has 20 heavy (non-hydrogen) atoms. The molecule has 0 atom stereocenters. The maximum Gasteiger partial charge on any atom is 0.0424 e. The lowest BCUT2D eigenvalue weighted by atomic mass is 9.85. The van der Waals surface area contributed by atoms with Crippen molar-refractivity contribution in [3.05, 3.63) is 39.5 Å². The molecule has 0 aromatic heterocycles. The van der Waals surface area contributed by atoms with Gasteiger partial charge in [-0.25, -0.2) is 0 Å². The van der Waals surface area contributed by atoms with Crippen LogP contribution in [0.5, 0.6) is 0 Å². The predicted octanol–water partition coefficient (Wildman–Crippen LogP) is 5.49. The Labute approximate surface area is 135 Å². The molecule has 0 unspecified atom stereocenters. The first-order chi connectivity index (χ1) is 9.84. The lowest BCUT2D eigenvalue weighted by molar-refractivity contribution is 0.420. The smallest absolute Gasteiger partial charge is 0.0424 e. The summed E-state index contributed by atoms with van der Waals surface area (Å²) in [5.74, 6) is 0.762. The summed E-state index contributed by atoms with van der Waals surface area (Å²) < 4.78 is 1.35. The zero-order valence-electron chi connectivity index (χ0n) is 11.9. The average Bonchev–Trinajstić information content (AvgIpc) is 3.01. The summed E-state index contributed by atoms with van der Waals surface area (Å²) in [6, 6.07) is 8.75. The van der Waals surface area contributed by atoms with E-state index in [1.807, 2.05) is 0 Å². The van der Waals surface area contributed by atoms with Crippen molar-refractivity contribution in [3.8, 4) is 0 Å². The van der Waals surface area contributed by atoms with Gasteiger partial charge in [0.25, 0.3) is 0 Å². The van der Waals surface area contributed by atoms with Crippen LogP contribution in [-0.2, 0) is 0 Å². The van der Waals surface area contributed by atoms with E-state index in [0.29, 0.717) is 0 Å². The van der Waals surface area contributed by atoms with E-state index in [2.05, 4.69) is 52.9 Å². The summed E-state index contributed by atoms with van der Waals surface area (Å²) in [6.07, 6.45) is 11.9. The van der Waals surface area contributed by atoms with Crippen LogP contribution in [0, 0.1) is 9.49 Å². The van der Waals surface area contributed by atoms with Gasteiger partial charge in [0.1, 0.15) is 0 Å². The Morgan fingerprint density at radius 1 is 1.10 bits per heavy atom. The van der Waals surface area contributed by atoms with Gasteiger partial charge >= 0.3 is 0 Å².